The van der Waals surface area contributed by atoms with Crippen molar-refractivity contribution in [2.75, 3.05) is 5.32 Å². The molecule has 1 amide bonds. The molecule has 0 spiro atoms. The molecule has 130 valence electrons. The number of nitrogens with one attached hydrogen (secondary N) is 1. The Kier molecular flexibility index (Phi) is 4.96. The lowest BCUT2D eigenvalue weighted by atomic mass is 10.1. The molecular formula is C18H11ClF2N4O. The predicted molar refractivity (Wildman–Crippen MR) is 92.0 cm³/mol. The largest absolute Gasteiger partial charge is 0.326 e. The summed E-state index contributed by atoms with van der Waals surface area (Å²) in [5, 5.41) is 15.5. The maximum absolute atomic E-state index is 13.3. The quantitative estimate of drug-likeness (QED) is 0.707. The van der Waals surface area contributed by atoms with Crippen molar-refractivity contribution in [1.29, 1.82) is 5.26 Å². The van der Waals surface area contributed by atoms with Crippen LogP contribution in [0, 0.1) is 23.0 Å². The number of anilines is 1. The number of carbonyl (C=O) groups is 1. The van der Waals surface area contributed by atoms with Gasteiger partial charge in [0.05, 0.1) is 23.9 Å². The Morgan fingerprint density at radius 2 is 1.92 bits per heavy atom. The van der Waals surface area contributed by atoms with Crippen molar-refractivity contribution in [3.8, 4) is 11.8 Å². The van der Waals surface area contributed by atoms with Crippen LogP contribution in [0.5, 0.6) is 0 Å². The topological polar surface area (TPSA) is 70.7 Å². The molecule has 2 aromatic carbocycles. The average Bonchev–Trinajstić information content (AvgIpc) is 3.09. The van der Waals surface area contributed by atoms with Gasteiger partial charge in [0.25, 0.3) is 0 Å². The maximum Gasteiger partial charge on any atom is 0.228 e. The number of hydrogen-bond donors (Lipinski definition) is 1. The molecule has 0 radical (unpaired) electrons. The van der Waals surface area contributed by atoms with Gasteiger partial charge >= 0.3 is 0 Å². The van der Waals surface area contributed by atoms with E-state index in [-0.39, 0.29) is 17.0 Å². The van der Waals surface area contributed by atoms with Gasteiger partial charge in [0.15, 0.2) is 11.6 Å². The van der Waals surface area contributed by atoms with Crippen molar-refractivity contribution in [3.63, 3.8) is 0 Å². The first-order valence-corrected chi connectivity index (χ1v) is 7.82. The van der Waals surface area contributed by atoms with Gasteiger partial charge < -0.3 is 5.32 Å². The number of rotatable bonds is 4. The second-order valence-electron chi connectivity index (χ2n) is 5.41. The zero-order valence-electron chi connectivity index (χ0n) is 13.2. The molecule has 1 heterocycles. The molecular weight excluding hydrogens is 362 g/mol. The number of benzene rings is 2. The number of hydrogen-bond acceptors (Lipinski definition) is 3. The van der Waals surface area contributed by atoms with Crippen molar-refractivity contribution in [2.45, 2.75) is 6.42 Å². The summed E-state index contributed by atoms with van der Waals surface area (Å²) in [6, 6.07) is 10.5. The summed E-state index contributed by atoms with van der Waals surface area (Å²) in [6.07, 6.45) is 2.84. The second kappa shape index (κ2) is 7.33. The first-order chi connectivity index (χ1) is 12.5. The van der Waals surface area contributed by atoms with Crippen LogP contribution < -0.4 is 5.32 Å². The third kappa shape index (κ3) is 3.87. The first kappa shape index (κ1) is 17.6. The number of halogens is 3. The van der Waals surface area contributed by atoms with Crippen LogP contribution in [-0.4, -0.2) is 15.7 Å². The fourth-order valence-corrected chi connectivity index (χ4v) is 2.51. The Balaban J connectivity index is 1.68. The third-order valence-electron chi connectivity index (χ3n) is 3.57. The van der Waals surface area contributed by atoms with E-state index in [1.807, 2.05) is 6.07 Å². The molecule has 0 aliphatic carbocycles. The van der Waals surface area contributed by atoms with E-state index in [9.17, 15) is 13.6 Å². The van der Waals surface area contributed by atoms with E-state index in [1.54, 1.807) is 30.5 Å². The molecule has 0 saturated heterocycles. The fraction of sp³-hybridized carbons (Fsp3) is 0.0556. The molecule has 3 rings (SSSR count). The molecule has 0 unspecified atom stereocenters. The minimum Gasteiger partial charge on any atom is -0.326 e. The number of amides is 1. The highest BCUT2D eigenvalue weighted by molar-refractivity contribution is 6.31. The molecule has 0 aliphatic rings. The number of aromatic nitrogens is 2. The van der Waals surface area contributed by atoms with Crippen molar-refractivity contribution in [3.05, 3.63) is 76.6 Å². The lowest BCUT2D eigenvalue weighted by Gasteiger charge is -2.08. The van der Waals surface area contributed by atoms with Crippen LogP contribution in [0.25, 0.3) is 5.69 Å². The van der Waals surface area contributed by atoms with Crippen molar-refractivity contribution >= 4 is 23.2 Å². The predicted octanol–water partition coefficient (Wildman–Crippen LogP) is 3.86. The molecule has 5 nitrogen and oxygen atoms in total. The van der Waals surface area contributed by atoms with E-state index in [1.165, 1.54) is 10.9 Å². The van der Waals surface area contributed by atoms with E-state index in [0.717, 1.165) is 12.1 Å². The van der Waals surface area contributed by atoms with Crippen molar-refractivity contribution in [1.82, 2.24) is 9.78 Å². The molecule has 0 fully saturated rings. The molecule has 0 bridgehead atoms. The molecule has 0 aliphatic heterocycles. The SMILES string of the molecule is N#Cc1cnn(-c2ccc(NC(=O)Cc3cc(F)c(F)cc3Cl)cc2)c1. The molecule has 1 N–H and O–H groups in total. The molecule has 26 heavy (non-hydrogen) atoms. The van der Waals surface area contributed by atoms with Crippen LogP contribution in [0.2, 0.25) is 5.02 Å². The number of nitrogens with zero attached hydrogens (tertiary/aromatic N) is 3. The normalized spacial score (nSPS) is 10.4. The van der Waals surface area contributed by atoms with Crippen LogP contribution in [0.3, 0.4) is 0 Å². The van der Waals surface area contributed by atoms with Crippen molar-refractivity contribution in [2.24, 2.45) is 0 Å². The fourth-order valence-electron chi connectivity index (χ4n) is 2.30. The van der Waals surface area contributed by atoms with Gasteiger partial charge in [-0.1, -0.05) is 11.6 Å². The Morgan fingerprint density at radius 1 is 1.23 bits per heavy atom. The Bertz CT molecular complexity index is 1010. The standard InChI is InChI=1S/C18H11ClF2N4O/c19-15-7-17(21)16(20)5-12(15)6-18(26)24-13-1-3-14(4-2-13)25-10-11(8-22)9-23-25/h1-5,7,9-10H,6H2,(H,24,26). The molecule has 1 aromatic heterocycles. The van der Waals surface area contributed by atoms with Crippen LogP contribution >= 0.6 is 11.6 Å². The van der Waals surface area contributed by atoms with E-state index in [0.29, 0.717) is 16.9 Å². The minimum absolute atomic E-state index is 0.0126. The zero-order valence-corrected chi connectivity index (χ0v) is 14.0. The summed E-state index contributed by atoms with van der Waals surface area (Å²) < 4.78 is 27.9. The smallest absolute Gasteiger partial charge is 0.228 e. The summed E-state index contributed by atoms with van der Waals surface area (Å²) >= 11 is 5.83. The van der Waals surface area contributed by atoms with Gasteiger partial charge in [0.2, 0.25) is 5.91 Å². The number of nitriles is 1. The van der Waals surface area contributed by atoms with Crippen LogP contribution in [-0.2, 0) is 11.2 Å². The summed E-state index contributed by atoms with van der Waals surface area (Å²) in [6.45, 7) is 0. The van der Waals surface area contributed by atoms with Gasteiger partial charge in [-0.2, -0.15) is 10.4 Å². The van der Waals surface area contributed by atoms with E-state index in [4.69, 9.17) is 16.9 Å². The summed E-state index contributed by atoms with van der Waals surface area (Å²) in [5.74, 6) is -2.54. The highest BCUT2D eigenvalue weighted by atomic mass is 35.5. The van der Waals surface area contributed by atoms with E-state index in [2.05, 4.69) is 10.4 Å². The highest BCUT2D eigenvalue weighted by Crippen LogP contribution is 2.21. The average molecular weight is 373 g/mol. The third-order valence-corrected chi connectivity index (χ3v) is 3.92. The monoisotopic (exact) mass is 372 g/mol. The number of carbonyl (C=O) groups excluding carboxylic acids is 1. The first-order valence-electron chi connectivity index (χ1n) is 7.45. The van der Waals surface area contributed by atoms with E-state index >= 15 is 0 Å². The summed E-state index contributed by atoms with van der Waals surface area (Å²) in [7, 11) is 0. The molecule has 8 heteroatoms. The van der Waals surface area contributed by atoms with E-state index < -0.39 is 17.5 Å². The molecule has 3 aromatic rings. The van der Waals surface area contributed by atoms with Gasteiger partial charge in [-0.05, 0) is 42.0 Å². The Labute approximate surface area is 152 Å². The highest BCUT2D eigenvalue weighted by Gasteiger charge is 2.12. The van der Waals surface area contributed by atoms with Crippen LogP contribution in [0.1, 0.15) is 11.1 Å². The zero-order chi connectivity index (χ0) is 18.7. The van der Waals surface area contributed by atoms with Crippen LogP contribution in [0.4, 0.5) is 14.5 Å². The van der Waals surface area contributed by atoms with Gasteiger partial charge in [-0.25, -0.2) is 13.5 Å². The molecule has 0 atom stereocenters. The summed E-state index contributed by atoms with van der Waals surface area (Å²) in [4.78, 5) is 12.1. The lowest BCUT2D eigenvalue weighted by Crippen LogP contribution is -2.15. The molecule has 0 saturated carbocycles. The summed E-state index contributed by atoms with van der Waals surface area (Å²) in [5.41, 5.74) is 1.87. The Hall–Kier alpha value is -3.24. The van der Waals surface area contributed by atoms with Gasteiger partial charge in [0.1, 0.15) is 6.07 Å². The van der Waals surface area contributed by atoms with Crippen molar-refractivity contribution < 1.29 is 13.6 Å². The van der Waals surface area contributed by atoms with Gasteiger partial charge in [0, 0.05) is 16.9 Å². The maximum atomic E-state index is 13.3. The second-order valence-corrected chi connectivity index (χ2v) is 5.82. The Morgan fingerprint density at radius 3 is 2.58 bits per heavy atom. The van der Waals surface area contributed by atoms with Gasteiger partial charge in [-0.3, -0.25) is 4.79 Å². The minimum atomic E-state index is -1.06. The van der Waals surface area contributed by atoms with Gasteiger partial charge in [-0.15, -0.1) is 0 Å². The van der Waals surface area contributed by atoms with Crippen LogP contribution in [0.15, 0.2) is 48.8 Å². The lowest BCUT2D eigenvalue weighted by molar-refractivity contribution is -0.115.